The second-order valence-corrected chi connectivity index (χ2v) is 5.13. The molecule has 1 aliphatic rings. The minimum atomic E-state index is -4.36. The number of rotatable bonds is 5. The van der Waals surface area contributed by atoms with E-state index >= 15 is 0 Å². The van der Waals surface area contributed by atoms with E-state index in [0.717, 1.165) is 13.0 Å². The third-order valence-corrected chi connectivity index (χ3v) is 3.45. The Morgan fingerprint density at radius 1 is 1.38 bits per heavy atom. The molecule has 1 fully saturated rings. The van der Waals surface area contributed by atoms with Crippen molar-refractivity contribution in [2.24, 2.45) is 5.92 Å². The van der Waals surface area contributed by atoms with Gasteiger partial charge in [-0.05, 0) is 19.4 Å². The van der Waals surface area contributed by atoms with Crippen molar-refractivity contribution in [1.82, 2.24) is 25.0 Å². The van der Waals surface area contributed by atoms with Crippen LogP contribution in [0, 0.1) is 5.92 Å². The van der Waals surface area contributed by atoms with Crippen molar-refractivity contribution in [3.63, 3.8) is 0 Å². The van der Waals surface area contributed by atoms with Gasteiger partial charge in [-0.1, -0.05) is 0 Å². The second-order valence-electron chi connectivity index (χ2n) is 5.13. The first-order valence-corrected chi connectivity index (χ1v) is 6.83. The maximum atomic E-state index is 12.1. The van der Waals surface area contributed by atoms with Crippen molar-refractivity contribution >= 4 is 5.91 Å². The number of amides is 1. The predicted molar refractivity (Wildman–Crippen MR) is 68.3 cm³/mol. The van der Waals surface area contributed by atoms with Crippen LogP contribution < -0.4 is 5.32 Å². The first kappa shape index (κ1) is 15.7. The molecule has 1 atom stereocenters. The Bertz CT molecular complexity index is 448. The molecule has 1 aromatic heterocycles. The Labute approximate surface area is 120 Å². The average molecular weight is 305 g/mol. The van der Waals surface area contributed by atoms with Gasteiger partial charge in [-0.25, -0.2) is 4.98 Å². The highest BCUT2D eigenvalue weighted by molar-refractivity contribution is 5.79. The summed E-state index contributed by atoms with van der Waals surface area (Å²) >= 11 is 0. The van der Waals surface area contributed by atoms with Crippen molar-refractivity contribution < 1.29 is 18.0 Å². The summed E-state index contributed by atoms with van der Waals surface area (Å²) in [5.74, 6) is -0.894. The molecule has 1 N–H and O–H groups in total. The third kappa shape index (κ3) is 5.33. The maximum Gasteiger partial charge on any atom is 0.405 e. The minimum Gasteiger partial charge on any atom is -0.347 e. The van der Waals surface area contributed by atoms with Crippen LogP contribution in [-0.2, 0) is 11.3 Å². The summed E-state index contributed by atoms with van der Waals surface area (Å²) in [6.45, 7) is 1.42. The molecule has 0 aromatic carbocycles. The molecule has 1 saturated heterocycles. The summed E-state index contributed by atoms with van der Waals surface area (Å²) < 4.78 is 38.0. The normalized spacial score (nSPS) is 20.4. The van der Waals surface area contributed by atoms with Gasteiger partial charge < -0.3 is 10.2 Å². The molecule has 0 bridgehead atoms. The van der Waals surface area contributed by atoms with Crippen molar-refractivity contribution in [1.29, 1.82) is 0 Å². The van der Waals surface area contributed by atoms with E-state index in [2.05, 4.69) is 15.0 Å². The van der Waals surface area contributed by atoms with E-state index in [9.17, 15) is 18.0 Å². The van der Waals surface area contributed by atoms with Gasteiger partial charge in [0.2, 0.25) is 5.91 Å². The van der Waals surface area contributed by atoms with E-state index in [4.69, 9.17) is 0 Å². The fraction of sp³-hybridized carbons (Fsp3) is 0.750. The van der Waals surface area contributed by atoms with Crippen molar-refractivity contribution in [2.45, 2.75) is 25.6 Å². The minimum absolute atomic E-state index is 0.378. The largest absolute Gasteiger partial charge is 0.405 e. The molecule has 0 spiro atoms. The molecule has 9 heteroatoms. The number of likely N-dealkylation sites (tertiary alicyclic amines) is 1. The van der Waals surface area contributed by atoms with Gasteiger partial charge in [0.15, 0.2) is 0 Å². The van der Waals surface area contributed by atoms with Crippen LogP contribution in [0.1, 0.15) is 12.8 Å². The van der Waals surface area contributed by atoms with Gasteiger partial charge in [0.25, 0.3) is 0 Å². The number of hydrogen-bond acceptors (Lipinski definition) is 4. The smallest absolute Gasteiger partial charge is 0.347 e. The molecule has 0 radical (unpaired) electrons. The summed E-state index contributed by atoms with van der Waals surface area (Å²) in [4.78, 5) is 17.7. The lowest BCUT2D eigenvalue weighted by Gasteiger charge is -2.31. The Morgan fingerprint density at radius 3 is 2.86 bits per heavy atom. The van der Waals surface area contributed by atoms with Crippen LogP contribution in [0.25, 0.3) is 0 Å². The van der Waals surface area contributed by atoms with E-state index in [1.165, 1.54) is 6.33 Å². The quantitative estimate of drug-likeness (QED) is 0.868. The molecule has 6 nitrogen and oxygen atoms in total. The van der Waals surface area contributed by atoms with E-state index in [0.29, 0.717) is 26.1 Å². The molecule has 0 saturated carbocycles. The van der Waals surface area contributed by atoms with Crippen LogP contribution in [0.3, 0.4) is 0 Å². The van der Waals surface area contributed by atoms with Gasteiger partial charge in [0.05, 0.1) is 12.5 Å². The van der Waals surface area contributed by atoms with Gasteiger partial charge >= 0.3 is 6.18 Å². The van der Waals surface area contributed by atoms with Gasteiger partial charge in [0.1, 0.15) is 19.2 Å². The number of alkyl halides is 3. The molecular weight excluding hydrogens is 287 g/mol. The van der Waals surface area contributed by atoms with Crippen molar-refractivity contribution in [3.05, 3.63) is 12.7 Å². The highest BCUT2D eigenvalue weighted by Crippen LogP contribution is 2.18. The number of halogens is 3. The SMILES string of the molecule is O=C(NCC(F)(F)F)C1CCCN(CCn2cncn2)C1. The Morgan fingerprint density at radius 2 is 2.19 bits per heavy atom. The molecule has 1 aliphatic heterocycles. The van der Waals surface area contributed by atoms with Crippen LogP contribution in [0.5, 0.6) is 0 Å². The van der Waals surface area contributed by atoms with E-state index < -0.39 is 18.6 Å². The zero-order valence-corrected chi connectivity index (χ0v) is 11.5. The van der Waals surface area contributed by atoms with Crippen LogP contribution in [0.2, 0.25) is 0 Å². The molecule has 21 heavy (non-hydrogen) atoms. The lowest BCUT2D eigenvalue weighted by Crippen LogP contribution is -2.45. The highest BCUT2D eigenvalue weighted by atomic mass is 19.4. The number of carbonyl (C=O) groups is 1. The molecule has 1 aromatic rings. The Balaban J connectivity index is 1.76. The number of piperidine rings is 1. The molecule has 2 heterocycles. The maximum absolute atomic E-state index is 12.1. The van der Waals surface area contributed by atoms with Gasteiger partial charge in [-0.2, -0.15) is 18.3 Å². The van der Waals surface area contributed by atoms with E-state index in [1.54, 1.807) is 11.0 Å². The summed E-state index contributed by atoms with van der Waals surface area (Å²) in [7, 11) is 0. The van der Waals surface area contributed by atoms with Crippen LogP contribution >= 0.6 is 0 Å². The summed E-state index contributed by atoms with van der Waals surface area (Å²) in [5, 5.41) is 5.95. The first-order valence-electron chi connectivity index (χ1n) is 6.83. The number of aromatic nitrogens is 3. The van der Waals surface area contributed by atoms with Crippen LogP contribution in [0.15, 0.2) is 12.7 Å². The van der Waals surface area contributed by atoms with E-state index in [1.807, 2.05) is 5.32 Å². The summed E-state index contributed by atoms with van der Waals surface area (Å²) in [6.07, 6.45) is 0.128. The number of nitrogens with zero attached hydrogens (tertiary/aromatic N) is 4. The van der Waals surface area contributed by atoms with Gasteiger partial charge in [0, 0.05) is 13.1 Å². The van der Waals surface area contributed by atoms with Crippen molar-refractivity contribution in [2.75, 3.05) is 26.2 Å². The second kappa shape index (κ2) is 6.88. The van der Waals surface area contributed by atoms with E-state index in [-0.39, 0.29) is 5.92 Å². The lowest BCUT2D eigenvalue weighted by molar-refractivity contribution is -0.141. The summed E-state index contributed by atoms with van der Waals surface area (Å²) in [6, 6.07) is 0. The Kier molecular flexibility index (Phi) is 5.16. The third-order valence-electron chi connectivity index (χ3n) is 3.45. The molecule has 118 valence electrons. The highest BCUT2D eigenvalue weighted by Gasteiger charge is 2.31. The molecule has 1 unspecified atom stereocenters. The average Bonchev–Trinajstić information content (AvgIpc) is 2.95. The topological polar surface area (TPSA) is 63.1 Å². The Hall–Kier alpha value is -1.64. The molecule has 2 rings (SSSR count). The molecule has 1 amide bonds. The van der Waals surface area contributed by atoms with Gasteiger partial charge in [-0.15, -0.1) is 0 Å². The van der Waals surface area contributed by atoms with Crippen molar-refractivity contribution in [3.8, 4) is 0 Å². The fourth-order valence-electron chi connectivity index (χ4n) is 2.40. The zero-order chi connectivity index (χ0) is 15.3. The van der Waals surface area contributed by atoms with Crippen LogP contribution in [-0.4, -0.2) is 57.9 Å². The fourth-order valence-corrected chi connectivity index (χ4v) is 2.40. The molecular formula is C12H18F3N5O. The standard InChI is InChI=1S/C12H18F3N5O/c13-12(14,15)7-17-11(21)10-2-1-3-19(6-10)4-5-20-9-16-8-18-20/h8-10H,1-7H2,(H,17,21). The zero-order valence-electron chi connectivity index (χ0n) is 11.5. The number of nitrogens with one attached hydrogen (secondary N) is 1. The van der Waals surface area contributed by atoms with Gasteiger partial charge in [-0.3, -0.25) is 9.48 Å². The van der Waals surface area contributed by atoms with Crippen LogP contribution in [0.4, 0.5) is 13.2 Å². The number of hydrogen-bond donors (Lipinski definition) is 1. The lowest BCUT2D eigenvalue weighted by atomic mass is 9.97. The predicted octanol–water partition coefficient (Wildman–Crippen LogP) is 0.669. The monoisotopic (exact) mass is 305 g/mol. The molecule has 0 aliphatic carbocycles. The number of carbonyl (C=O) groups excluding carboxylic acids is 1. The summed E-state index contributed by atoms with van der Waals surface area (Å²) in [5.41, 5.74) is 0. The first-order chi connectivity index (χ1) is 9.94.